The van der Waals surface area contributed by atoms with E-state index in [2.05, 4.69) is 26.0 Å². The predicted octanol–water partition coefficient (Wildman–Crippen LogP) is 4.37. The Balaban J connectivity index is 2.22. The first-order valence-electron chi connectivity index (χ1n) is 6.83. The molecule has 0 spiro atoms. The summed E-state index contributed by atoms with van der Waals surface area (Å²) in [4.78, 5) is 0. The molecule has 1 unspecified atom stereocenters. The van der Waals surface area contributed by atoms with Crippen molar-refractivity contribution in [3.05, 3.63) is 53.6 Å². The normalized spacial score (nSPS) is 12.4. The van der Waals surface area contributed by atoms with E-state index in [0.29, 0.717) is 23.2 Å². The van der Waals surface area contributed by atoms with E-state index in [1.54, 1.807) is 0 Å². The number of hydrogen-bond acceptors (Lipinski definition) is 2. The second-order valence-corrected chi connectivity index (χ2v) is 5.55. The van der Waals surface area contributed by atoms with Crippen molar-refractivity contribution < 1.29 is 4.74 Å². The molecule has 0 saturated heterocycles. The summed E-state index contributed by atoms with van der Waals surface area (Å²) >= 11 is 6.32. The number of nitrogens with two attached hydrogens (primary N) is 1. The third-order valence-corrected chi connectivity index (χ3v) is 3.59. The highest BCUT2D eigenvalue weighted by molar-refractivity contribution is 6.32. The van der Waals surface area contributed by atoms with Crippen molar-refractivity contribution in [2.75, 3.05) is 6.54 Å². The maximum atomic E-state index is 6.32. The smallest absolute Gasteiger partial charge is 0.138 e. The lowest BCUT2D eigenvalue weighted by Gasteiger charge is -2.21. The Kier molecular flexibility index (Phi) is 5.05. The van der Waals surface area contributed by atoms with E-state index in [1.807, 2.05) is 36.4 Å². The molecule has 2 aromatic carbocycles. The standard InChI is InChI=1S/C17H20ClNO/c1-12(2)17(11-19)20-16-9-8-14(10-15(16)18)13-6-4-3-5-7-13/h3-10,12,17H,11,19H2,1-2H3. The summed E-state index contributed by atoms with van der Waals surface area (Å²) in [5.41, 5.74) is 7.94. The Morgan fingerprint density at radius 2 is 1.75 bits per heavy atom. The fourth-order valence-corrected chi connectivity index (χ4v) is 2.25. The fourth-order valence-electron chi connectivity index (χ4n) is 2.03. The van der Waals surface area contributed by atoms with Crippen molar-refractivity contribution in [1.29, 1.82) is 0 Å². The van der Waals surface area contributed by atoms with Gasteiger partial charge in [0.05, 0.1) is 5.02 Å². The van der Waals surface area contributed by atoms with Crippen LogP contribution in [-0.2, 0) is 0 Å². The summed E-state index contributed by atoms with van der Waals surface area (Å²) < 4.78 is 5.89. The lowest BCUT2D eigenvalue weighted by atomic mass is 10.1. The molecule has 1 atom stereocenters. The molecule has 2 N–H and O–H groups in total. The molecule has 0 aliphatic carbocycles. The second-order valence-electron chi connectivity index (χ2n) is 5.15. The van der Waals surface area contributed by atoms with Gasteiger partial charge in [-0.3, -0.25) is 0 Å². The van der Waals surface area contributed by atoms with E-state index in [4.69, 9.17) is 22.1 Å². The van der Waals surface area contributed by atoms with Gasteiger partial charge in [0.2, 0.25) is 0 Å². The molecule has 2 nitrogen and oxygen atoms in total. The Labute approximate surface area is 125 Å². The van der Waals surface area contributed by atoms with Crippen molar-refractivity contribution in [2.24, 2.45) is 11.7 Å². The molecule has 106 valence electrons. The van der Waals surface area contributed by atoms with Crippen LogP contribution in [0.1, 0.15) is 13.8 Å². The van der Waals surface area contributed by atoms with Crippen LogP contribution in [0.2, 0.25) is 5.02 Å². The first-order chi connectivity index (χ1) is 9.61. The second kappa shape index (κ2) is 6.78. The zero-order valence-corrected chi connectivity index (χ0v) is 12.6. The lowest BCUT2D eigenvalue weighted by molar-refractivity contribution is 0.159. The largest absolute Gasteiger partial charge is 0.487 e. The number of hydrogen-bond donors (Lipinski definition) is 1. The molecule has 0 aliphatic rings. The number of halogens is 1. The summed E-state index contributed by atoms with van der Waals surface area (Å²) in [6.07, 6.45) is -0.0184. The summed E-state index contributed by atoms with van der Waals surface area (Å²) in [5, 5.41) is 0.616. The van der Waals surface area contributed by atoms with Crippen LogP contribution in [0.15, 0.2) is 48.5 Å². The Hall–Kier alpha value is -1.51. The maximum absolute atomic E-state index is 6.32. The average Bonchev–Trinajstić information content (AvgIpc) is 2.46. The van der Waals surface area contributed by atoms with Crippen LogP contribution in [0.4, 0.5) is 0 Å². The van der Waals surface area contributed by atoms with E-state index in [1.165, 1.54) is 0 Å². The van der Waals surface area contributed by atoms with Crippen molar-refractivity contribution in [2.45, 2.75) is 20.0 Å². The molecular formula is C17H20ClNO. The quantitative estimate of drug-likeness (QED) is 0.887. The first kappa shape index (κ1) is 14.9. The summed E-state index contributed by atoms with van der Waals surface area (Å²) in [7, 11) is 0. The first-order valence-corrected chi connectivity index (χ1v) is 7.21. The summed E-state index contributed by atoms with van der Waals surface area (Å²) in [6.45, 7) is 4.65. The van der Waals surface area contributed by atoms with Crippen LogP contribution < -0.4 is 10.5 Å². The van der Waals surface area contributed by atoms with Crippen LogP contribution in [0, 0.1) is 5.92 Å². The summed E-state index contributed by atoms with van der Waals surface area (Å²) in [6, 6.07) is 16.0. The molecule has 0 amide bonds. The minimum atomic E-state index is -0.0184. The molecular weight excluding hydrogens is 270 g/mol. The molecule has 3 heteroatoms. The zero-order chi connectivity index (χ0) is 14.5. The van der Waals surface area contributed by atoms with Gasteiger partial charge in [-0.2, -0.15) is 0 Å². The van der Waals surface area contributed by atoms with Gasteiger partial charge in [-0.15, -0.1) is 0 Å². The van der Waals surface area contributed by atoms with Crippen molar-refractivity contribution >= 4 is 11.6 Å². The Morgan fingerprint density at radius 3 is 2.30 bits per heavy atom. The van der Waals surface area contributed by atoms with E-state index >= 15 is 0 Å². The van der Waals surface area contributed by atoms with Gasteiger partial charge in [0.25, 0.3) is 0 Å². The minimum absolute atomic E-state index is 0.0184. The van der Waals surface area contributed by atoms with Crippen LogP contribution in [0.3, 0.4) is 0 Å². The molecule has 0 bridgehead atoms. The van der Waals surface area contributed by atoms with Gasteiger partial charge in [-0.05, 0) is 29.2 Å². The number of benzene rings is 2. The number of rotatable bonds is 5. The highest BCUT2D eigenvalue weighted by atomic mass is 35.5. The summed E-state index contributed by atoms with van der Waals surface area (Å²) in [5.74, 6) is 1.04. The van der Waals surface area contributed by atoms with E-state index in [9.17, 15) is 0 Å². The Bertz CT molecular complexity index is 554. The van der Waals surface area contributed by atoms with Gasteiger partial charge in [-0.25, -0.2) is 0 Å². The average molecular weight is 290 g/mol. The van der Waals surface area contributed by atoms with Gasteiger partial charge in [0.15, 0.2) is 0 Å². The molecule has 0 fully saturated rings. The minimum Gasteiger partial charge on any atom is -0.487 e. The van der Waals surface area contributed by atoms with Gasteiger partial charge < -0.3 is 10.5 Å². The molecule has 2 rings (SSSR count). The van der Waals surface area contributed by atoms with Gasteiger partial charge in [0.1, 0.15) is 11.9 Å². The molecule has 0 saturated carbocycles. The molecule has 20 heavy (non-hydrogen) atoms. The SMILES string of the molecule is CC(C)C(CN)Oc1ccc(-c2ccccc2)cc1Cl. The van der Waals surface area contributed by atoms with E-state index in [-0.39, 0.29) is 6.10 Å². The van der Waals surface area contributed by atoms with Crippen LogP contribution >= 0.6 is 11.6 Å². The highest BCUT2D eigenvalue weighted by Gasteiger charge is 2.15. The molecule has 2 aromatic rings. The van der Waals surface area contributed by atoms with Crippen molar-refractivity contribution in [3.63, 3.8) is 0 Å². The number of ether oxygens (including phenoxy) is 1. The fraction of sp³-hybridized carbons (Fsp3) is 0.294. The maximum Gasteiger partial charge on any atom is 0.138 e. The van der Waals surface area contributed by atoms with Crippen LogP contribution in [-0.4, -0.2) is 12.6 Å². The molecule has 0 aromatic heterocycles. The molecule has 0 heterocycles. The molecule has 0 aliphatic heterocycles. The van der Waals surface area contributed by atoms with Crippen molar-refractivity contribution in [3.8, 4) is 16.9 Å². The van der Waals surface area contributed by atoms with Crippen LogP contribution in [0.5, 0.6) is 5.75 Å². The zero-order valence-electron chi connectivity index (χ0n) is 11.8. The molecule has 0 radical (unpaired) electrons. The Morgan fingerprint density at radius 1 is 1.05 bits per heavy atom. The lowest BCUT2D eigenvalue weighted by Crippen LogP contribution is -2.31. The third kappa shape index (κ3) is 3.53. The van der Waals surface area contributed by atoms with Gasteiger partial charge >= 0.3 is 0 Å². The highest BCUT2D eigenvalue weighted by Crippen LogP contribution is 2.31. The topological polar surface area (TPSA) is 35.2 Å². The van der Waals surface area contributed by atoms with Crippen LogP contribution in [0.25, 0.3) is 11.1 Å². The predicted molar refractivity (Wildman–Crippen MR) is 85.2 cm³/mol. The van der Waals surface area contributed by atoms with Gasteiger partial charge in [0, 0.05) is 6.54 Å². The third-order valence-electron chi connectivity index (χ3n) is 3.29. The van der Waals surface area contributed by atoms with E-state index in [0.717, 1.165) is 11.1 Å². The monoisotopic (exact) mass is 289 g/mol. The van der Waals surface area contributed by atoms with E-state index < -0.39 is 0 Å². The van der Waals surface area contributed by atoms with Gasteiger partial charge in [-0.1, -0.05) is 61.8 Å². The van der Waals surface area contributed by atoms with Crippen molar-refractivity contribution in [1.82, 2.24) is 0 Å².